The summed E-state index contributed by atoms with van der Waals surface area (Å²) in [6.07, 6.45) is -0.423. The molecule has 0 radical (unpaired) electrons. The summed E-state index contributed by atoms with van der Waals surface area (Å²) < 4.78 is 6.28. The summed E-state index contributed by atoms with van der Waals surface area (Å²) in [5.74, 6) is 1.22. The smallest absolute Gasteiger partial charge is 0.247 e. The van der Waals surface area contributed by atoms with Crippen LogP contribution < -0.4 is 10.1 Å². The Morgan fingerprint density at radius 2 is 1.67 bits per heavy atom. The third-order valence-electron chi connectivity index (χ3n) is 4.72. The van der Waals surface area contributed by atoms with E-state index in [0.29, 0.717) is 21.8 Å². The van der Waals surface area contributed by atoms with Gasteiger partial charge in [-0.2, -0.15) is 4.98 Å². The van der Waals surface area contributed by atoms with Gasteiger partial charge in [-0.25, -0.2) is 0 Å². The summed E-state index contributed by atoms with van der Waals surface area (Å²) in [6.45, 7) is 0. The molecule has 0 fully saturated rings. The maximum Gasteiger partial charge on any atom is 0.247 e. The SMILES string of the molecule is Clc1ccc([C@H]2Nc3ccccc3-c3nnc(SCc4ccccc4)nc3O2)cc1. The number of rotatable bonds is 4. The lowest BCUT2D eigenvalue weighted by atomic mass is 10.1. The molecule has 5 rings (SSSR count). The number of aromatic nitrogens is 3. The standard InChI is InChI=1S/C23H17ClN4OS/c24-17-12-10-16(11-13-17)21-25-19-9-5-4-8-18(19)20-22(29-21)26-23(28-27-20)30-14-15-6-2-1-3-7-15/h1-13,21,25H,14H2/t21-/m0/s1. The highest BCUT2D eigenvalue weighted by atomic mass is 35.5. The van der Waals surface area contributed by atoms with Crippen molar-refractivity contribution in [3.8, 4) is 17.1 Å². The van der Waals surface area contributed by atoms with Gasteiger partial charge in [0.2, 0.25) is 11.0 Å². The Morgan fingerprint density at radius 1 is 0.900 bits per heavy atom. The van der Waals surface area contributed by atoms with Gasteiger partial charge in [0.1, 0.15) is 0 Å². The number of anilines is 1. The van der Waals surface area contributed by atoms with Gasteiger partial charge in [-0.05, 0) is 23.8 Å². The van der Waals surface area contributed by atoms with Crippen molar-refractivity contribution < 1.29 is 4.74 Å². The molecule has 148 valence electrons. The third-order valence-corrected chi connectivity index (χ3v) is 5.88. The van der Waals surface area contributed by atoms with Crippen molar-refractivity contribution >= 4 is 29.1 Å². The molecule has 3 aromatic carbocycles. The predicted octanol–water partition coefficient (Wildman–Crippen LogP) is 5.99. The Hall–Kier alpha value is -3.09. The van der Waals surface area contributed by atoms with Crippen molar-refractivity contribution in [3.05, 3.63) is 95.0 Å². The molecule has 0 bridgehead atoms. The van der Waals surface area contributed by atoms with Crippen molar-refractivity contribution in [2.45, 2.75) is 17.1 Å². The number of nitrogens with one attached hydrogen (secondary N) is 1. The van der Waals surface area contributed by atoms with Crippen LogP contribution in [-0.4, -0.2) is 15.2 Å². The second-order valence-corrected chi connectivity index (χ2v) is 8.14. The summed E-state index contributed by atoms with van der Waals surface area (Å²) in [5, 5.41) is 13.5. The predicted molar refractivity (Wildman–Crippen MR) is 120 cm³/mol. The molecular formula is C23H17ClN4OS. The third kappa shape index (κ3) is 3.97. The van der Waals surface area contributed by atoms with Crippen molar-refractivity contribution in [2.24, 2.45) is 0 Å². The molecule has 1 aliphatic heterocycles. The van der Waals surface area contributed by atoms with Crippen LogP contribution in [0.5, 0.6) is 5.88 Å². The molecule has 0 saturated heterocycles. The van der Waals surface area contributed by atoms with E-state index in [1.165, 1.54) is 17.3 Å². The number of hydrogen-bond acceptors (Lipinski definition) is 6. The molecule has 1 atom stereocenters. The number of thioether (sulfide) groups is 1. The average Bonchev–Trinajstić information content (AvgIpc) is 2.95. The molecule has 1 aliphatic rings. The monoisotopic (exact) mass is 432 g/mol. The summed E-state index contributed by atoms with van der Waals surface area (Å²) >= 11 is 7.59. The van der Waals surface area contributed by atoms with Crippen molar-refractivity contribution in [3.63, 3.8) is 0 Å². The van der Waals surface area contributed by atoms with Crippen molar-refractivity contribution in [1.29, 1.82) is 0 Å². The number of fused-ring (bicyclic) bond motifs is 3. The van der Waals surface area contributed by atoms with E-state index < -0.39 is 6.23 Å². The Kier molecular flexibility index (Phi) is 5.26. The lowest BCUT2D eigenvalue weighted by molar-refractivity contribution is 0.225. The molecule has 0 amide bonds. The van der Waals surface area contributed by atoms with E-state index in [2.05, 4.69) is 32.6 Å². The minimum absolute atomic E-state index is 0.423. The Bertz CT molecular complexity index is 1170. The number of hydrogen-bond donors (Lipinski definition) is 1. The van der Waals surface area contributed by atoms with E-state index in [1.54, 1.807) is 0 Å². The average molecular weight is 433 g/mol. The van der Waals surface area contributed by atoms with E-state index in [0.717, 1.165) is 22.6 Å². The zero-order valence-corrected chi connectivity index (χ0v) is 17.4. The molecular weight excluding hydrogens is 416 g/mol. The van der Waals surface area contributed by atoms with Gasteiger partial charge in [0.05, 0.1) is 0 Å². The Morgan fingerprint density at radius 3 is 2.50 bits per heavy atom. The lowest BCUT2D eigenvalue weighted by Gasteiger charge is -2.19. The van der Waals surface area contributed by atoms with Crippen LogP contribution in [0, 0.1) is 0 Å². The summed E-state index contributed by atoms with van der Waals surface area (Å²) in [7, 11) is 0. The van der Waals surface area contributed by atoms with Crippen LogP contribution in [-0.2, 0) is 5.75 Å². The number of benzene rings is 3. The molecule has 30 heavy (non-hydrogen) atoms. The molecule has 0 aliphatic carbocycles. The quantitative estimate of drug-likeness (QED) is 0.400. The normalized spacial score (nSPS) is 14.6. The maximum absolute atomic E-state index is 6.28. The zero-order chi connectivity index (χ0) is 20.3. The molecule has 0 saturated carbocycles. The second kappa shape index (κ2) is 8.34. The summed E-state index contributed by atoms with van der Waals surface area (Å²) in [4.78, 5) is 4.68. The van der Waals surface area contributed by atoms with E-state index in [-0.39, 0.29) is 0 Å². The number of ether oxygens (including phenoxy) is 1. The van der Waals surface area contributed by atoms with Crippen molar-refractivity contribution in [2.75, 3.05) is 5.32 Å². The fourth-order valence-corrected chi connectivity index (χ4v) is 4.08. The van der Waals surface area contributed by atoms with Gasteiger partial charge in [0, 0.05) is 27.6 Å². The minimum atomic E-state index is -0.423. The highest BCUT2D eigenvalue weighted by molar-refractivity contribution is 7.98. The van der Waals surface area contributed by atoms with Crippen LogP contribution in [0.15, 0.2) is 84.0 Å². The van der Waals surface area contributed by atoms with Gasteiger partial charge >= 0.3 is 0 Å². The van der Waals surface area contributed by atoms with Gasteiger partial charge < -0.3 is 10.1 Å². The molecule has 0 spiro atoms. The van der Waals surface area contributed by atoms with Crippen molar-refractivity contribution in [1.82, 2.24) is 15.2 Å². The highest BCUT2D eigenvalue weighted by Crippen LogP contribution is 2.39. The van der Waals surface area contributed by atoms with Crippen LogP contribution >= 0.6 is 23.4 Å². The Labute approximate surface area is 183 Å². The van der Waals surface area contributed by atoms with Crippen LogP contribution in [0.1, 0.15) is 17.4 Å². The van der Waals surface area contributed by atoms with Gasteiger partial charge in [0.15, 0.2) is 11.9 Å². The molecule has 7 heteroatoms. The molecule has 0 unspecified atom stereocenters. The van der Waals surface area contributed by atoms with Crippen LogP contribution in [0.25, 0.3) is 11.3 Å². The van der Waals surface area contributed by atoms with E-state index in [4.69, 9.17) is 16.3 Å². The molecule has 1 aromatic heterocycles. The lowest BCUT2D eigenvalue weighted by Crippen LogP contribution is -2.17. The number of para-hydroxylation sites is 1. The van der Waals surface area contributed by atoms with E-state index >= 15 is 0 Å². The van der Waals surface area contributed by atoms with E-state index in [9.17, 15) is 0 Å². The maximum atomic E-state index is 6.28. The van der Waals surface area contributed by atoms with Crippen LogP contribution in [0.3, 0.4) is 0 Å². The van der Waals surface area contributed by atoms with Gasteiger partial charge in [-0.1, -0.05) is 84.0 Å². The first-order valence-electron chi connectivity index (χ1n) is 9.46. The topological polar surface area (TPSA) is 59.9 Å². The second-order valence-electron chi connectivity index (χ2n) is 6.76. The summed E-state index contributed by atoms with van der Waals surface area (Å²) in [6, 6.07) is 25.7. The van der Waals surface area contributed by atoms with E-state index in [1.807, 2.05) is 66.7 Å². The Balaban J connectivity index is 1.50. The fraction of sp³-hybridized carbons (Fsp3) is 0.0870. The number of nitrogens with zero attached hydrogens (tertiary/aromatic N) is 3. The molecule has 5 nitrogen and oxygen atoms in total. The van der Waals surface area contributed by atoms with Crippen LogP contribution in [0.2, 0.25) is 5.02 Å². The first-order valence-corrected chi connectivity index (χ1v) is 10.8. The summed E-state index contributed by atoms with van der Waals surface area (Å²) in [5.41, 5.74) is 4.59. The molecule has 4 aromatic rings. The largest absolute Gasteiger partial charge is 0.448 e. The van der Waals surface area contributed by atoms with Crippen LogP contribution in [0.4, 0.5) is 5.69 Å². The zero-order valence-electron chi connectivity index (χ0n) is 15.8. The van der Waals surface area contributed by atoms with Gasteiger partial charge in [-0.15, -0.1) is 10.2 Å². The minimum Gasteiger partial charge on any atom is -0.448 e. The highest BCUT2D eigenvalue weighted by Gasteiger charge is 2.26. The van der Waals surface area contributed by atoms with Gasteiger partial charge in [-0.3, -0.25) is 0 Å². The fourth-order valence-electron chi connectivity index (χ4n) is 3.22. The van der Waals surface area contributed by atoms with Gasteiger partial charge in [0.25, 0.3) is 0 Å². The first-order chi connectivity index (χ1) is 14.8. The number of halogens is 1. The molecule has 1 N–H and O–H groups in total. The first kappa shape index (κ1) is 18.9. The molecule has 2 heterocycles.